The van der Waals surface area contributed by atoms with Crippen molar-refractivity contribution in [1.82, 2.24) is 24.2 Å². The maximum Gasteiger partial charge on any atom is 0.264 e. The van der Waals surface area contributed by atoms with Gasteiger partial charge in [0.25, 0.3) is 11.8 Å². The number of likely N-dealkylation sites (N-methyl/N-ethyl adjacent to an activating group) is 1. The molecule has 0 fully saturated rings. The van der Waals surface area contributed by atoms with Gasteiger partial charge in [0, 0.05) is 63.4 Å². The molecule has 2 amide bonds. The summed E-state index contributed by atoms with van der Waals surface area (Å²) >= 11 is 0. The monoisotopic (exact) mass is 394 g/mol. The first-order valence-corrected chi connectivity index (χ1v) is 9.27. The highest BCUT2D eigenvalue weighted by Gasteiger charge is 2.25. The smallest absolute Gasteiger partial charge is 0.264 e. The van der Waals surface area contributed by atoms with Gasteiger partial charge in [-0.1, -0.05) is 0 Å². The van der Waals surface area contributed by atoms with Gasteiger partial charge >= 0.3 is 0 Å². The fourth-order valence-electron chi connectivity index (χ4n) is 3.27. The third-order valence-electron chi connectivity index (χ3n) is 4.90. The number of amides is 2. The molecule has 0 unspecified atom stereocenters. The molecule has 0 N–H and O–H groups in total. The highest BCUT2D eigenvalue weighted by atomic mass is 16.5. The summed E-state index contributed by atoms with van der Waals surface area (Å²) < 4.78 is 9.10. The van der Waals surface area contributed by atoms with E-state index in [0.29, 0.717) is 36.6 Å². The molecule has 0 saturated carbocycles. The summed E-state index contributed by atoms with van der Waals surface area (Å²) in [6.07, 6.45) is 8.95. The van der Waals surface area contributed by atoms with Crippen molar-refractivity contribution in [3.05, 3.63) is 60.4 Å². The Morgan fingerprint density at radius 2 is 2.17 bits per heavy atom. The summed E-state index contributed by atoms with van der Waals surface area (Å²) in [5.74, 6) is 0.332. The van der Waals surface area contributed by atoms with Crippen molar-refractivity contribution in [3.8, 4) is 5.75 Å². The Balaban J connectivity index is 1.59. The number of hydrogen-bond acceptors (Lipinski definition) is 5. The predicted octanol–water partition coefficient (Wildman–Crippen LogP) is 1.31. The van der Waals surface area contributed by atoms with Crippen molar-refractivity contribution in [2.75, 3.05) is 25.1 Å². The van der Waals surface area contributed by atoms with Crippen LogP contribution in [-0.4, -0.2) is 56.2 Å². The van der Waals surface area contributed by atoms with Crippen LogP contribution in [0.5, 0.6) is 5.75 Å². The standard InChI is InChI=1S/C20H22N6O3/c1-23-11-15(10-22-23)12-26(8-7-25-6-5-21-14-25)20(28)16-3-4-18-17(9-16)24(2)19(27)13-29-18/h3-6,9-11,14H,7-8,12-13H2,1-2H3. The van der Waals surface area contributed by atoms with Crippen molar-refractivity contribution < 1.29 is 14.3 Å². The Labute approximate surface area is 168 Å². The topological polar surface area (TPSA) is 85.5 Å². The summed E-state index contributed by atoms with van der Waals surface area (Å²) in [7, 11) is 3.53. The Morgan fingerprint density at radius 1 is 1.31 bits per heavy atom. The van der Waals surface area contributed by atoms with E-state index >= 15 is 0 Å². The minimum absolute atomic E-state index is 0.00876. The van der Waals surface area contributed by atoms with Crippen molar-refractivity contribution >= 4 is 17.5 Å². The van der Waals surface area contributed by atoms with Gasteiger partial charge in [-0.05, 0) is 18.2 Å². The molecular formula is C20H22N6O3. The maximum atomic E-state index is 13.3. The SMILES string of the molecule is CN1C(=O)COc2ccc(C(=O)N(CCn3ccnc3)Cc3cnn(C)c3)cc21. The van der Waals surface area contributed by atoms with E-state index in [2.05, 4.69) is 10.1 Å². The molecule has 4 rings (SSSR count). The van der Waals surface area contributed by atoms with Gasteiger partial charge in [-0.2, -0.15) is 5.10 Å². The van der Waals surface area contributed by atoms with Crippen molar-refractivity contribution in [1.29, 1.82) is 0 Å². The average molecular weight is 394 g/mol. The van der Waals surface area contributed by atoms with E-state index in [4.69, 9.17) is 4.74 Å². The minimum Gasteiger partial charge on any atom is -0.482 e. The first-order valence-electron chi connectivity index (χ1n) is 9.27. The molecule has 0 radical (unpaired) electrons. The lowest BCUT2D eigenvalue weighted by molar-refractivity contribution is -0.120. The molecule has 9 heteroatoms. The van der Waals surface area contributed by atoms with Crippen LogP contribution in [0.1, 0.15) is 15.9 Å². The van der Waals surface area contributed by atoms with E-state index in [1.807, 2.05) is 24.0 Å². The highest BCUT2D eigenvalue weighted by molar-refractivity contribution is 6.01. The van der Waals surface area contributed by atoms with Gasteiger partial charge in [-0.3, -0.25) is 14.3 Å². The third kappa shape index (κ3) is 3.98. The molecule has 0 saturated heterocycles. The molecule has 0 atom stereocenters. The average Bonchev–Trinajstić information content (AvgIpc) is 3.39. The van der Waals surface area contributed by atoms with E-state index in [-0.39, 0.29) is 18.4 Å². The van der Waals surface area contributed by atoms with Gasteiger partial charge in [0.15, 0.2) is 6.61 Å². The quantitative estimate of drug-likeness (QED) is 0.629. The number of aromatic nitrogens is 4. The molecule has 0 spiro atoms. The van der Waals surface area contributed by atoms with Crippen LogP contribution in [0.25, 0.3) is 0 Å². The number of hydrogen-bond donors (Lipinski definition) is 0. The number of fused-ring (bicyclic) bond motifs is 1. The zero-order valence-corrected chi connectivity index (χ0v) is 16.4. The number of aryl methyl sites for hydroxylation is 1. The van der Waals surface area contributed by atoms with Gasteiger partial charge in [0.2, 0.25) is 0 Å². The zero-order chi connectivity index (χ0) is 20.4. The van der Waals surface area contributed by atoms with E-state index < -0.39 is 0 Å². The van der Waals surface area contributed by atoms with Gasteiger partial charge in [0.05, 0.1) is 18.2 Å². The van der Waals surface area contributed by atoms with Crippen molar-refractivity contribution in [3.63, 3.8) is 0 Å². The molecule has 1 aromatic carbocycles. The number of benzene rings is 1. The van der Waals surface area contributed by atoms with Crippen LogP contribution in [0.2, 0.25) is 0 Å². The fraction of sp³-hybridized carbons (Fsp3) is 0.300. The second-order valence-corrected chi connectivity index (χ2v) is 6.97. The maximum absolute atomic E-state index is 13.3. The first-order chi connectivity index (χ1) is 14.0. The molecule has 9 nitrogen and oxygen atoms in total. The van der Waals surface area contributed by atoms with Crippen LogP contribution in [0.4, 0.5) is 5.69 Å². The van der Waals surface area contributed by atoms with Crippen LogP contribution in [0, 0.1) is 0 Å². The summed E-state index contributed by atoms with van der Waals surface area (Å²) in [5, 5.41) is 4.19. The molecule has 3 heterocycles. The summed E-state index contributed by atoms with van der Waals surface area (Å²) in [4.78, 5) is 32.6. The second kappa shape index (κ2) is 7.78. The van der Waals surface area contributed by atoms with Gasteiger partial charge in [-0.25, -0.2) is 4.98 Å². The van der Waals surface area contributed by atoms with Crippen LogP contribution in [0.15, 0.2) is 49.3 Å². The molecule has 2 aromatic heterocycles. The number of anilines is 1. The van der Waals surface area contributed by atoms with Crippen LogP contribution >= 0.6 is 0 Å². The number of ether oxygens (including phenoxy) is 1. The lowest BCUT2D eigenvalue weighted by Crippen LogP contribution is -2.36. The van der Waals surface area contributed by atoms with E-state index in [1.54, 1.807) is 53.5 Å². The molecule has 0 aliphatic carbocycles. The lowest BCUT2D eigenvalue weighted by atomic mass is 10.1. The Hall–Kier alpha value is -3.62. The largest absolute Gasteiger partial charge is 0.482 e. The Morgan fingerprint density at radius 3 is 2.90 bits per heavy atom. The van der Waals surface area contributed by atoms with Gasteiger partial charge < -0.3 is 19.1 Å². The number of rotatable bonds is 6. The van der Waals surface area contributed by atoms with Crippen LogP contribution in [-0.2, 0) is 24.9 Å². The molecule has 1 aliphatic heterocycles. The molecule has 3 aromatic rings. The fourth-order valence-corrected chi connectivity index (χ4v) is 3.27. The molecule has 150 valence electrons. The molecular weight excluding hydrogens is 372 g/mol. The minimum atomic E-state index is -0.144. The summed E-state index contributed by atoms with van der Waals surface area (Å²) in [5.41, 5.74) is 2.05. The van der Waals surface area contributed by atoms with Gasteiger partial charge in [0.1, 0.15) is 5.75 Å². The second-order valence-electron chi connectivity index (χ2n) is 6.97. The zero-order valence-electron chi connectivity index (χ0n) is 16.4. The number of nitrogens with zero attached hydrogens (tertiary/aromatic N) is 6. The normalized spacial score (nSPS) is 13.2. The van der Waals surface area contributed by atoms with Gasteiger partial charge in [-0.15, -0.1) is 0 Å². The van der Waals surface area contributed by atoms with Crippen LogP contribution < -0.4 is 9.64 Å². The highest BCUT2D eigenvalue weighted by Crippen LogP contribution is 2.32. The van der Waals surface area contributed by atoms with Crippen LogP contribution in [0.3, 0.4) is 0 Å². The lowest BCUT2D eigenvalue weighted by Gasteiger charge is -2.27. The van der Waals surface area contributed by atoms with Crippen molar-refractivity contribution in [2.45, 2.75) is 13.1 Å². The predicted molar refractivity (Wildman–Crippen MR) is 106 cm³/mol. The molecule has 0 bridgehead atoms. The number of imidazole rings is 1. The Kier molecular flexibility index (Phi) is 5.03. The molecule has 29 heavy (non-hydrogen) atoms. The summed E-state index contributed by atoms with van der Waals surface area (Å²) in [6.45, 7) is 1.57. The third-order valence-corrected chi connectivity index (χ3v) is 4.90. The first kappa shape index (κ1) is 18.7. The van der Waals surface area contributed by atoms with E-state index in [9.17, 15) is 9.59 Å². The Bertz CT molecular complexity index is 1030. The van der Waals surface area contributed by atoms with E-state index in [0.717, 1.165) is 5.56 Å². The summed E-state index contributed by atoms with van der Waals surface area (Å²) in [6, 6.07) is 5.18. The number of carbonyl (C=O) groups excluding carboxylic acids is 2. The molecule has 1 aliphatic rings. The number of carbonyl (C=O) groups is 2. The van der Waals surface area contributed by atoms with Crippen molar-refractivity contribution in [2.24, 2.45) is 7.05 Å². The van der Waals surface area contributed by atoms with E-state index in [1.165, 1.54) is 4.90 Å².